The van der Waals surface area contributed by atoms with Crippen LogP contribution in [0.4, 0.5) is 26.0 Å². The van der Waals surface area contributed by atoms with Gasteiger partial charge in [-0.3, -0.25) is 19.0 Å². The summed E-state index contributed by atoms with van der Waals surface area (Å²) in [5, 5.41) is 6.19. The normalized spacial score (nSPS) is 21.7. The lowest BCUT2D eigenvalue weighted by molar-refractivity contribution is -0.126. The summed E-state index contributed by atoms with van der Waals surface area (Å²) in [6, 6.07) is 8.81. The van der Waals surface area contributed by atoms with E-state index in [2.05, 4.69) is 20.6 Å². The van der Waals surface area contributed by atoms with Crippen molar-refractivity contribution >= 4 is 50.4 Å². The number of para-hydroxylation sites is 1. The van der Waals surface area contributed by atoms with E-state index >= 15 is 4.39 Å². The largest absolute Gasteiger partial charge is 0.384 e. The van der Waals surface area contributed by atoms with Crippen molar-refractivity contribution < 1.29 is 18.4 Å². The smallest absolute Gasteiger partial charge is 0.278 e. The first kappa shape index (κ1) is 26.8. The second-order valence-electron chi connectivity index (χ2n) is 10.5. The second-order valence-corrected chi connectivity index (χ2v) is 11.6. The van der Waals surface area contributed by atoms with Crippen LogP contribution in [0, 0.1) is 5.82 Å². The number of benzene rings is 1. The van der Waals surface area contributed by atoms with Crippen LogP contribution >= 0.6 is 11.3 Å². The van der Waals surface area contributed by atoms with Crippen LogP contribution in [0.25, 0.3) is 10.1 Å². The Morgan fingerprint density at radius 2 is 2.02 bits per heavy atom. The van der Waals surface area contributed by atoms with Gasteiger partial charge in [0.2, 0.25) is 11.6 Å². The lowest BCUT2D eigenvalue weighted by Crippen LogP contribution is -2.43. The maximum Gasteiger partial charge on any atom is 0.278 e. The Balaban J connectivity index is 1.17. The maximum atomic E-state index is 15.7. The summed E-state index contributed by atoms with van der Waals surface area (Å²) in [6.07, 6.45) is 3.05. The van der Waals surface area contributed by atoms with E-state index in [4.69, 9.17) is 5.73 Å². The molecule has 1 fully saturated rings. The summed E-state index contributed by atoms with van der Waals surface area (Å²) in [7, 11) is 0. The van der Waals surface area contributed by atoms with Crippen LogP contribution < -0.4 is 26.8 Å². The molecule has 4 N–H and O–H groups in total. The van der Waals surface area contributed by atoms with Gasteiger partial charge in [0.1, 0.15) is 29.2 Å². The van der Waals surface area contributed by atoms with Crippen molar-refractivity contribution in [3.8, 4) is 0 Å². The number of anilines is 3. The highest BCUT2D eigenvalue weighted by Crippen LogP contribution is 2.35. The predicted octanol–water partition coefficient (Wildman–Crippen LogP) is 3.50. The number of amides is 2. The molecule has 1 aromatic carbocycles. The van der Waals surface area contributed by atoms with Gasteiger partial charge in [-0.1, -0.05) is 19.1 Å². The fraction of sp³-hybridized carbons (Fsp3) is 0.321. The number of nitrogen functional groups attached to an aromatic ring is 1. The molecular weight excluding hydrogens is 552 g/mol. The molecule has 212 valence electrons. The highest BCUT2D eigenvalue weighted by Gasteiger charge is 2.46. The van der Waals surface area contributed by atoms with Crippen LogP contribution in [0.5, 0.6) is 0 Å². The van der Waals surface area contributed by atoms with E-state index in [0.29, 0.717) is 18.1 Å². The van der Waals surface area contributed by atoms with Crippen molar-refractivity contribution in [3.63, 3.8) is 0 Å². The third-order valence-electron chi connectivity index (χ3n) is 7.63. The van der Waals surface area contributed by atoms with Crippen LogP contribution in [0.2, 0.25) is 0 Å². The number of nitrogens with zero attached hydrogens (tertiary/aromatic N) is 4. The van der Waals surface area contributed by atoms with Gasteiger partial charge in [-0.05, 0) is 30.7 Å². The first-order valence-corrected chi connectivity index (χ1v) is 14.0. The Morgan fingerprint density at radius 3 is 2.83 bits per heavy atom. The summed E-state index contributed by atoms with van der Waals surface area (Å²) in [5.74, 6) is -1.24. The van der Waals surface area contributed by atoms with Crippen molar-refractivity contribution in [2.45, 2.75) is 43.9 Å². The van der Waals surface area contributed by atoms with Crippen molar-refractivity contribution in [3.05, 3.63) is 75.7 Å². The molecule has 41 heavy (non-hydrogen) atoms. The average Bonchev–Trinajstić information content (AvgIpc) is 3.64. The summed E-state index contributed by atoms with van der Waals surface area (Å²) < 4.78 is 32.2. The summed E-state index contributed by atoms with van der Waals surface area (Å²) in [4.78, 5) is 50.5. The van der Waals surface area contributed by atoms with Gasteiger partial charge in [0.15, 0.2) is 0 Å². The number of hydrogen-bond acceptors (Lipinski definition) is 8. The maximum absolute atomic E-state index is 15.7. The van der Waals surface area contributed by atoms with Gasteiger partial charge in [0, 0.05) is 40.0 Å². The fourth-order valence-corrected chi connectivity index (χ4v) is 6.51. The van der Waals surface area contributed by atoms with E-state index in [1.807, 2.05) is 13.0 Å². The molecule has 2 amide bonds. The first-order chi connectivity index (χ1) is 19.6. The molecule has 10 nitrogen and oxygen atoms in total. The molecule has 2 aliphatic heterocycles. The number of rotatable bonds is 6. The van der Waals surface area contributed by atoms with Gasteiger partial charge in [0.05, 0.1) is 25.0 Å². The molecule has 0 aliphatic carbocycles. The van der Waals surface area contributed by atoms with Crippen molar-refractivity contribution in [1.82, 2.24) is 19.9 Å². The number of hydrogen-bond donors (Lipinski definition) is 3. The van der Waals surface area contributed by atoms with E-state index in [9.17, 15) is 18.8 Å². The van der Waals surface area contributed by atoms with E-state index in [1.165, 1.54) is 45.2 Å². The van der Waals surface area contributed by atoms with Crippen molar-refractivity contribution in [1.29, 1.82) is 0 Å². The molecule has 0 spiro atoms. The minimum atomic E-state index is -2.34. The molecule has 13 heteroatoms. The first-order valence-electron chi connectivity index (χ1n) is 13.2. The lowest BCUT2D eigenvalue weighted by atomic mass is 10.0. The number of pyridine rings is 1. The number of alkyl halides is 1. The zero-order valence-electron chi connectivity index (χ0n) is 22.1. The SMILES string of the molecule is C[C@@H]1C[C@@H](C(=O)NCc2cc3cnc(N)cc3s2)n2c1ncc(NC(=O)[C@]1(F)CCN(c3ccccc3F)C1)c2=O. The van der Waals surface area contributed by atoms with Crippen LogP contribution in [-0.4, -0.2) is 45.1 Å². The number of fused-ring (bicyclic) bond motifs is 2. The number of carbonyl (C=O) groups excluding carboxylic acids is 2. The monoisotopic (exact) mass is 579 g/mol. The predicted molar refractivity (Wildman–Crippen MR) is 152 cm³/mol. The Hall–Kier alpha value is -4.39. The topological polar surface area (TPSA) is 135 Å². The second kappa shape index (κ2) is 10.2. The van der Waals surface area contributed by atoms with Crippen molar-refractivity contribution in [2.75, 3.05) is 29.0 Å². The Labute approximate surface area is 237 Å². The Kier molecular flexibility index (Phi) is 6.68. The number of thiophene rings is 1. The molecule has 0 radical (unpaired) electrons. The van der Waals surface area contributed by atoms with Crippen LogP contribution in [0.1, 0.15) is 42.4 Å². The molecule has 3 atom stereocenters. The summed E-state index contributed by atoms with van der Waals surface area (Å²) in [5.41, 5.74) is 2.77. The molecular formula is C28H27F2N7O3S. The highest BCUT2D eigenvalue weighted by molar-refractivity contribution is 7.19. The molecule has 0 bridgehead atoms. The quantitative estimate of drug-likeness (QED) is 0.318. The molecule has 2 aliphatic rings. The van der Waals surface area contributed by atoms with Gasteiger partial charge in [-0.2, -0.15) is 0 Å². The minimum absolute atomic E-state index is 0.135. The molecule has 3 aromatic heterocycles. The average molecular weight is 580 g/mol. The van der Waals surface area contributed by atoms with Crippen LogP contribution in [0.3, 0.4) is 0 Å². The van der Waals surface area contributed by atoms with Crippen LogP contribution in [-0.2, 0) is 16.1 Å². The van der Waals surface area contributed by atoms with Gasteiger partial charge in [-0.15, -0.1) is 11.3 Å². The molecule has 0 unspecified atom stereocenters. The molecule has 6 rings (SSSR count). The summed E-state index contributed by atoms with van der Waals surface area (Å²) in [6.45, 7) is 1.89. The Bertz CT molecular complexity index is 1740. The van der Waals surface area contributed by atoms with E-state index in [0.717, 1.165) is 15.0 Å². The number of nitrogens with two attached hydrogens (primary N) is 1. The van der Waals surface area contributed by atoms with Gasteiger partial charge >= 0.3 is 0 Å². The zero-order chi connectivity index (χ0) is 28.9. The number of carbonyl (C=O) groups is 2. The van der Waals surface area contributed by atoms with Crippen LogP contribution in [0.15, 0.2) is 53.6 Å². The lowest BCUT2D eigenvalue weighted by Gasteiger charge is -2.22. The van der Waals surface area contributed by atoms with E-state index < -0.39 is 29.0 Å². The molecule has 4 aromatic rings. The third kappa shape index (κ3) is 4.90. The molecule has 5 heterocycles. The van der Waals surface area contributed by atoms with Gasteiger partial charge in [-0.25, -0.2) is 18.7 Å². The Morgan fingerprint density at radius 1 is 1.22 bits per heavy atom. The highest BCUT2D eigenvalue weighted by atomic mass is 32.1. The number of halogens is 2. The summed E-state index contributed by atoms with van der Waals surface area (Å²) >= 11 is 1.48. The number of aromatic nitrogens is 3. The standard InChI is InChI=1S/C28H27F2N7O3S/c1-15-8-21(25(38)34-12-17-9-16-11-32-23(31)10-22(16)41-17)37-24(15)33-13-19(26(37)39)35-27(40)28(30)6-7-36(14-28)20-5-3-2-4-18(20)29/h2-5,9-11,13,15,21H,6-8,12,14H2,1H3,(H2,31,32)(H,34,38)(H,35,40)/t15-,21+,28+/m1/s1. The third-order valence-corrected chi connectivity index (χ3v) is 8.73. The molecule has 1 saturated heterocycles. The van der Waals surface area contributed by atoms with E-state index in [1.54, 1.807) is 18.3 Å². The molecule has 0 saturated carbocycles. The van der Waals surface area contributed by atoms with Gasteiger partial charge in [0.25, 0.3) is 11.5 Å². The fourth-order valence-electron chi connectivity index (χ4n) is 5.49. The van der Waals surface area contributed by atoms with Gasteiger partial charge < -0.3 is 21.3 Å². The zero-order valence-corrected chi connectivity index (χ0v) is 22.9. The van der Waals surface area contributed by atoms with Crippen molar-refractivity contribution in [2.24, 2.45) is 0 Å². The number of nitrogens with one attached hydrogen (secondary N) is 2. The van der Waals surface area contributed by atoms with E-state index in [-0.39, 0.29) is 49.3 Å². The minimum Gasteiger partial charge on any atom is -0.384 e.